The van der Waals surface area contributed by atoms with E-state index < -0.39 is 43.7 Å². The molecule has 10 nitrogen and oxygen atoms in total. The highest BCUT2D eigenvalue weighted by Gasteiger charge is 2.53. The van der Waals surface area contributed by atoms with Crippen molar-refractivity contribution in [3.8, 4) is 17.4 Å². The molecule has 3 heterocycles. The number of carbonyl (C=O) groups is 1. The summed E-state index contributed by atoms with van der Waals surface area (Å²) in [5.41, 5.74) is 6.85. The molecule has 46 heavy (non-hydrogen) atoms. The molecular weight excluding hydrogens is 708 g/mol. The summed E-state index contributed by atoms with van der Waals surface area (Å²) in [6.07, 6.45) is 4.23. The molecule has 1 saturated heterocycles. The Morgan fingerprint density at radius 1 is 1.13 bits per heavy atom. The first-order chi connectivity index (χ1) is 22.3. The first-order valence-electron chi connectivity index (χ1n) is 14.5. The number of nitrogens with two attached hydrogens (primary N) is 1. The summed E-state index contributed by atoms with van der Waals surface area (Å²) in [5, 5.41) is 3.25. The van der Waals surface area contributed by atoms with E-state index in [0.29, 0.717) is 72.1 Å². The van der Waals surface area contributed by atoms with Crippen LogP contribution in [0.1, 0.15) is 12.8 Å². The molecule has 1 saturated carbocycles. The van der Waals surface area contributed by atoms with Crippen molar-refractivity contribution < 1.29 is 27.8 Å². The summed E-state index contributed by atoms with van der Waals surface area (Å²) in [6, 6.07) is 10.3. The zero-order valence-corrected chi connectivity index (χ0v) is 26.9. The maximum absolute atomic E-state index is 13.6. The Bertz CT molecular complexity index is 1830. The molecule has 0 bridgehead atoms. The van der Waals surface area contributed by atoms with E-state index in [4.69, 9.17) is 27.8 Å². The third-order valence-corrected chi connectivity index (χ3v) is 9.54. The Labute approximate surface area is 275 Å². The van der Waals surface area contributed by atoms with Gasteiger partial charge >= 0.3 is 0 Å². The van der Waals surface area contributed by atoms with Gasteiger partial charge in [-0.3, -0.25) is 14.7 Å². The van der Waals surface area contributed by atoms with Gasteiger partial charge < -0.3 is 25.3 Å². The fraction of sp³-hybridized carbons (Fsp3) is 0.281. The van der Waals surface area contributed by atoms with Crippen LogP contribution in [0, 0.1) is 20.6 Å². The van der Waals surface area contributed by atoms with Crippen LogP contribution >= 0.6 is 20.7 Å². The van der Waals surface area contributed by atoms with E-state index in [1.165, 1.54) is 6.07 Å². The summed E-state index contributed by atoms with van der Waals surface area (Å²) < 4.78 is 49.5. The van der Waals surface area contributed by atoms with Gasteiger partial charge in [0.15, 0.2) is 11.6 Å². The number of amidine groups is 1. The van der Waals surface area contributed by atoms with Gasteiger partial charge in [0.25, 0.3) is 0 Å². The Kier molecular flexibility index (Phi) is 9.56. The maximum Gasteiger partial charge on any atom is 0.238 e. The zero-order chi connectivity index (χ0) is 32.3. The van der Waals surface area contributed by atoms with Crippen LogP contribution in [0.5, 0.6) is 17.4 Å². The molecular formula is C32H30BF2IN6O4. The Hall–Kier alpha value is -4.02. The number of pyridine rings is 2. The average Bonchev–Trinajstić information content (AvgIpc) is 3.88. The molecule has 0 unspecified atom stereocenters. The van der Waals surface area contributed by atoms with Crippen LogP contribution in [-0.2, 0) is 9.53 Å². The molecule has 2 radical (unpaired) electrons. The van der Waals surface area contributed by atoms with Crippen molar-refractivity contribution in [2.24, 2.45) is 16.1 Å². The number of nitrogens with zero attached hydrogens (tertiary/aromatic N) is 4. The SMILES string of the molecule is [B]c1c(OCCN2CCOCC2)ncc2c(Oc3ccc(N=C(N)C4(C(=O)Nc5ccc(F)c(F)c5)CC4)cc3I=C)ccnc12. The van der Waals surface area contributed by atoms with Crippen molar-refractivity contribution >= 4 is 72.6 Å². The van der Waals surface area contributed by atoms with Crippen LogP contribution in [0.2, 0.25) is 0 Å². The van der Waals surface area contributed by atoms with Crippen molar-refractivity contribution in [2.45, 2.75) is 12.8 Å². The quantitative estimate of drug-likeness (QED) is 0.102. The Balaban J connectivity index is 1.16. The van der Waals surface area contributed by atoms with Crippen LogP contribution in [0.15, 0.2) is 59.9 Å². The van der Waals surface area contributed by atoms with E-state index in [1.54, 1.807) is 30.6 Å². The van der Waals surface area contributed by atoms with Crippen LogP contribution in [0.3, 0.4) is 0 Å². The highest BCUT2D eigenvalue weighted by atomic mass is 127. The van der Waals surface area contributed by atoms with Crippen LogP contribution in [-0.4, -0.2) is 78.4 Å². The van der Waals surface area contributed by atoms with Gasteiger partial charge in [0.1, 0.15) is 37.2 Å². The number of hydrogen-bond donors (Lipinski definition) is 2. The van der Waals surface area contributed by atoms with Crippen molar-refractivity contribution in [3.63, 3.8) is 0 Å². The summed E-state index contributed by atoms with van der Waals surface area (Å²) >= 11 is -0.707. The molecule has 1 aliphatic heterocycles. The third-order valence-electron chi connectivity index (χ3n) is 7.88. The number of rotatable bonds is 11. The van der Waals surface area contributed by atoms with E-state index in [9.17, 15) is 13.6 Å². The lowest BCUT2D eigenvalue weighted by molar-refractivity contribution is -0.119. The van der Waals surface area contributed by atoms with Gasteiger partial charge in [0, 0.05) is 43.8 Å². The molecule has 2 aliphatic rings. The molecule has 2 aromatic carbocycles. The second kappa shape index (κ2) is 13.8. The van der Waals surface area contributed by atoms with Crippen molar-refractivity contribution in [1.29, 1.82) is 0 Å². The predicted molar refractivity (Wildman–Crippen MR) is 182 cm³/mol. The fourth-order valence-electron chi connectivity index (χ4n) is 5.05. The molecule has 1 aliphatic carbocycles. The minimum atomic E-state index is -1.05. The smallest absolute Gasteiger partial charge is 0.238 e. The number of morpholine rings is 1. The van der Waals surface area contributed by atoms with Crippen molar-refractivity contribution in [3.05, 3.63) is 70.1 Å². The highest BCUT2D eigenvalue weighted by molar-refractivity contribution is 14.2. The zero-order valence-electron chi connectivity index (χ0n) is 24.8. The van der Waals surface area contributed by atoms with Gasteiger partial charge in [-0.15, -0.1) is 0 Å². The summed E-state index contributed by atoms with van der Waals surface area (Å²) in [6.45, 7) is 4.35. The number of hydrogen-bond acceptors (Lipinski definition) is 8. The highest BCUT2D eigenvalue weighted by Crippen LogP contribution is 2.47. The lowest BCUT2D eigenvalue weighted by Crippen LogP contribution is -2.38. The lowest BCUT2D eigenvalue weighted by atomic mass is 9.94. The molecule has 6 rings (SSSR count). The van der Waals surface area contributed by atoms with Gasteiger partial charge in [0.2, 0.25) is 11.8 Å². The largest absolute Gasteiger partial charge is 0.477 e. The summed E-state index contributed by atoms with van der Waals surface area (Å²) in [4.78, 5) is 28.7. The number of halogens is 3. The van der Waals surface area contributed by atoms with E-state index in [0.717, 1.165) is 35.3 Å². The number of amides is 1. The van der Waals surface area contributed by atoms with Gasteiger partial charge in [-0.25, -0.2) is 18.8 Å². The van der Waals surface area contributed by atoms with Gasteiger partial charge in [0.05, 0.1) is 33.4 Å². The van der Waals surface area contributed by atoms with E-state index in [1.807, 2.05) is 6.07 Å². The molecule has 0 atom stereocenters. The number of aliphatic imine (C=N–C) groups is 1. The first kappa shape index (κ1) is 31.9. The minimum Gasteiger partial charge on any atom is -0.477 e. The van der Waals surface area contributed by atoms with Crippen LogP contribution in [0.25, 0.3) is 10.9 Å². The van der Waals surface area contributed by atoms with Crippen molar-refractivity contribution in [2.75, 3.05) is 44.8 Å². The Morgan fingerprint density at radius 3 is 2.67 bits per heavy atom. The second-order valence-electron chi connectivity index (χ2n) is 10.9. The summed E-state index contributed by atoms with van der Waals surface area (Å²) in [5.74, 6) is -0.903. The van der Waals surface area contributed by atoms with Crippen molar-refractivity contribution in [1.82, 2.24) is 14.9 Å². The second-order valence-corrected chi connectivity index (χ2v) is 12.8. The number of aromatic nitrogens is 2. The van der Waals surface area contributed by atoms with E-state index in [2.05, 4.69) is 29.7 Å². The predicted octanol–water partition coefficient (Wildman–Crippen LogP) is 4.19. The average molecular weight is 738 g/mol. The Morgan fingerprint density at radius 2 is 1.93 bits per heavy atom. The monoisotopic (exact) mass is 738 g/mol. The molecule has 236 valence electrons. The minimum absolute atomic E-state index is 0.138. The lowest BCUT2D eigenvalue weighted by Gasteiger charge is -2.26. The van der Waals surface area contributed by atoms with Crippen LogP contribution < -0.4 is 26.0 Å². The molecule has 0 spiro atoms. The molecule has 1 amide bonds. The van der Waals surface area contributed by atoms with Gasteiger partial charge in [-0.1, -0.05) is 25.2 Å². The first-order valence-corrected chi connectivity index (χ1v) is 17.2. The maximum atomic E-state index is 13.6. The molecule has 4 aromatic rings. The van der Waals surface area contributed by atoms with E-state index in [-0.39, 0.29) is 11.5 Å². The number of nitrogens with one attached hydrogen (secondary N) is 1. The third kappa shape index (κ3) is 6.88. The summed E-state index contributed by atoms with van der Waals surface area (Å²) in [7, 11) is 6.41. The standard InChI is InChI=1S/C32H30BF2IN6O4/c1-36-24-17-20(40-30(37)32(7-8-32)31(43)41-19-2-4-22(34)23(35)16-19)3-5-26(24)46-25-6-9-38-28-21(25)18-39-29(27(28)33)45-15-12-42-10-13-44-14-11-42/h2-6,9,16-18H,1,7-8,10-15H2,(H2,37,40)(H,41,43). The van der Waals surface area contributed by atoms with Gasteiger partial charge in [-0.05, 0) is 54.7 Å². The van der Waals surface area contributed by atoms with E-state index >= 15 is 0 Å². The molecule has 3 N–H and O–H groups in total. The molecule has 2 aromatic heterocycles. The molecule has 2 fully saturated rings. The number of fused-ring (bicyclic) bond motifs is 1. The number of benzene rings is 2. The normalized spacial score (nSPS) is 16.3. The molecule has 14 heteroatoms. The number of anilines is 1. The van der Waals surface area contributed by atoms with Gasteiger partial charge in [-0.2, -0.15) is 0 Å². The topological polar surface area (TPSA) is 124 Å². The fourth-order valence-corrected chi connectivity index (χ4v) is 6.25. The number of ether oxygens (including phenoxy) is 3. The number of carbonyl (C=O) groups excluding carboxylic acids is 1. The van der Waals surface area contributed by atoms with Crippen LogP contribution in [0.4, 0.5) is 20.2 Å².